The van der Waals surface area contributed by atoms with Gasteiger partial charge in [-0.2, -0.15) is 0 Å². The molecule has 0 spiro atoms. The number of rotatable bonds is 3. The minimum atomic E-state index is -0.728. The summed E-state index contributed by atoms with van der Waals surface area (Å²) in [5.74, 6) is -1.32. The summed E-state index contributed by atoms with van der Waals surface area (Å²) in [6.45, 7) is 0. The van der Waals surface area contributed by atoms with E-state index in [2.05, 4.69) is 21.2 Å². The van der Waals surface area contributed by atoms with Gasteiger partial charge < -0.3 is 5.32 Å². The first-order valence-corrected chi connectivity index (χ1v) is 7.26. The van der Waals surface area contributed by atoms with E-state index < -0.39 is 17.7 Å². The molecule has 0 radical (unpaired) electrons. The molecule has 20 heavy (non-hydrogen) atoms. The monoisotopic (exact) mass is 379 g/mol. The van der Waals surface area contributed by atoms with E-state index in [0.29, 0.717) is 15.1 Å². The maximum Gasteiger partial charge on any atom is 0.132 e. The fourth-order valence-electron chi connectivity index (χ4n) is 2.03. The van der Waals surface area contributed by atoms with Gasteiger partial charge in [0, 0.05) is 10.0 Å². The average molecular weight is 381 g/mol. The molecule has 0 aliphatic rings. The Morgan fingerprint density at radius 2 is 1.75 bits per heavy atom. The van der Waals surface area contributed by atoms with Crippen molar-refractivity contribution in [2.45, 2.75) is 6.04 Å². The van der Waals surface area contributed by atoms with Crippen molar-refractivity contribution >= 4 is 39.1 Å². The molecule has 0 fully saturated rings. The van der Waals surface area contributed by atoms with Crippen molar-refractivity contribution in [3.05, 3.63) is 67.6 Å². The Kier molecular flexibility index (Phi) is 5.02. The van der Waals surface area contributed by atoms with Crippen LogP contribution in [-0.4, -0.2) is 7.05 Å². The van der Waals surface area contributed by atoms with Crippen LogP contribution in [0.25, 0.3) is 0 Å². The summed E-state index contributed by atoms with van der Waals surface area (Å²) in [4.78, 5) is 0. The van der Waals surface area contributed by atoms with E-state index in [9.17, 15) is 8.78 Å². The highest BCUT2D eigenvalue weighted by atomic mass is 79.9. The van der Waals surface area contributed by atoms with Gasteiger partial charge in [-0.05, 0) is 30.8 Å². The molecule has 2 aromatic carbocycles. The molecule has 6 heteroatoms. The second kappa shape index (κ2) is 6.39. The van der Waals surface area contributed by atoms with Gasteiger partial charge in [0.2, 0.25) is 0 Å². The number of halogens is 5. The highest BCUT2D eigenvalue weighted by molar-refractivity contribution is 9.10. The lowest BCUT2D eigenvalue weighted by Crippen LogP contribution is -2.21. The largest absolute Gasteiger partial charge is 0.309 e. The van der Waals surface area contributed by atoms with Crippen LogP contribution in [-0.2, 0) is 0 Å². The van der Waals surface area contributed by atoms with Crippen LogP contribution in [0.3, 0.4) is 0 Å². The molecule has 0 bridgehead atoms. The third kappa shape index (κ3) is 2.98. The maximum atomic E-state index is 14.1. The summed E-state index contributed by atoms with van der Waals surface area (Å²) < 4.78 is 28.5. The van der Waals surface area contributed by atoms with Crippen molar-refractivity contribution in [3.8, 4) is 0 Å². The summed E-state index contributed by atoms with van der Waals surface area (Å²) in [5, 5.41) is 3.47. The first-order chi connectivity index (χ1) is 9.45. The van der Waals surface area contributed by atoms with Gasteiger partial charge >= 0.3 is 0 Å². The predicted molar refractivity (Wildman–Crippen MR) is 81.4 cm³/mol. The van der Waals surface area contributed by atoms with E-state index in [-0.39, 0.29) is 10.6 Å². The van der Waals surface area contributed by atoms with Crippen molar-refractivity contribution in [3.63, 3.8) is 0 Å². The summed E-state index contributed by atoms with van der Waals surface area (Å²) in [5.41, 5.74) is 0.418. The molecule has 0 heterocycles. The van der Waals surface area contributed by atoms with Gasteiger partial charge in [0.15, 0.2) is 0 Å². The zero-order valence-electron chi connectivity index (χ0n) is 10.4. The topological polar surface area (TPSA) is 12.0 Å². The van der Waals surface area contributed by atoms with Gasteiger partial charge in [0.1, 0.15) is 11.6 Å². The van der Waals surface area contributed by atoms with Gasteiger partial charge in [-0.1, -0.05) is 51.3 Å². The number of hydrogen-bond donors (Lipinski definition) is 1. The molecular weight excluding hydrogens is 371 g/mol. The molecule has 0 aliphatic heterocycles. The van der Waals surface area contributed by atoms with Gasteiger partial charge in [-0.25, -0.2) is 8.78 Å². The minimum absolute atomic E-state index is 0.0973. The van der Waals surface area contributed by atoms with Gasteiger partial charge in [0.05, 0.1) is 16.1 Å². The molecule has 2 rings (SSSR count). The lowest BCUT2D eigenvalue weighted by molar-refractivity contribution is 0.521. The predicted octanol–water partition coefficient (Wildman–Crippen LogP) is 5.34. The summed E-state index contributed by atoms with van der Waals surface area (Å²) in [6.07, 6.45) is 0. The first-order valence-electron chi connectivity index (χ1n) is 5.71. The molecule has 0 saturated heterocycles. The van der Waals surface area contributed by atoms with Crippen LogP contribution in [0.4, 0.5) is 8.78 Å². The van der Waals surface area contributed by atoms with Crippen molar-refractivity contribution in [2.75, 3.05) is 7.05 Å². The molecule has 2 aromatic rings. The molecule has 1 nitrogen and oxygen atoms in total. The highest BCUT2D eigenvalue weighted by Crippen LogP contribution is 2.35. The Morgan fingerprint density at radius 3 is 2.30 bits per heavy atom. The lowest BCUT2D eigenvalue weighted by Gasteiger charge is -2.20. The molecule has 0 aliphatic carbocycles. The van der Waals surface area contributed by atoms with Crippen LogP contribution < -0.4 is 5.32 Å². The second-order valence-electron chi connectivity index (χ2n) is 4.15. The van der Waals surface area contributed by atoms with Crippen LogP contribution in [0.5, 0.6) is 0 Å². The Morgan fingerprint density at radius 1 is 1.15 bits per heavy atom. The lowest BCUT2D eigenvalue weighted by atomic mass is 9.97. The van der Waals surface area contributed by atoms with Crippen LogP contribution in [0.15, 0.2) is 34.8 Å². The van der Waals surface area contributed by atoms with E-state index in [4.69, 9.17) is 23.2 Å². The van der Waals surface area contributed by atoms with Crippen LogP contribution in [0.1, 0.15) is 17.2 Å². The molecule has 106 valence electrons. The van der Waals surface area contributed by atoms with Crippen molar-refractivity contribution in [2.24, 2.45) is 0 Å². The van der Waals surface area contributed by atoms with Gasteiger partial charge in [0.25, 0.3) is 0 Å². The van der Waals surface area contributed by atoms with Crippen LogP contribution in [0.2, 0.25) is 10.0 Å². The third-order valence-corrected chi connectivity index (χ3v) is 4.21. The molecule has 1 unspecified atom stereocenters. The number of benzene rings is 2. The molecule has 0 amide bonds. The first kappa shape index (κ1) is 15.7. The van der Waals surface area contributed by atoms with E-state index in [0.717, 1.165) is 0 Å². The molecule has 1 atom stereocenters. The van der Waals surface area contributed by atoms with Crippen LogP contribution >= 0.6 is 39.1 Å². The zero-order valence-corrected chi connectivity index (χ0v) is 13.5. The summed E-state index contributed by atoms with van der Waals surface area (Å²) in [6, 6.07) is 6.67. The van der Waals surface area contributed by atoms with E-state index in [1.807, 2.05) is 0 Å². The zero-order chi connectivity index (χ0) is 14.9. The Hall–Kier alpha value is -0.680. The SMILES string of the molecule is CNC(c1cccc(Cl)c1Cl)c1c(F)cc(Br)cc1F. The smallest absolute Gasteiger partial charge is 0.132 e. The normalized spacial score (nSPS) is 12.5. The molecule has 0 aromatic heterocycles. The fraction of sp³-hybridized carbons (Fsp3) is 0.143. The molecular formula is C14H10BrCl2F2N. The Labute approximate surface area is 134 Å². The van der Waals surface area contributed by atoms with E-state index >= 15 is 0 Å². The maximum absolute atomic E-state index is 14.1. The summed E-state index contributed by atoms with van der Waals surface area (Å²) in [7, 11) is 1.60. The fourth-order valence-corrected chi connectivity index (χ4v) is 2.85. The quantitative estimate of drug-likeness (QED) is 0.757. The second-order valence-corrected chi connectivity index (χ2v) is 5.85. The van der Waals surface area contributed by atoms with Gasteiger partial charge in [-0.3, -0.25) is 0 Å². The number of hydrogen-bond acceptors (Lipinski definition) is 1. The van der Waals surface area contributed by atoms with Crippen molar-refractivity contribution in [1.82, 2.24) is 5.32 Å². The average Bonchev–Trinajstić information content (AvgIpc) is 2.37. The van der Waals surface area contributed by atoms with Crippen LogP contribution in [0, 0.1) is 11.6 Å². The molecule has 0 saturated carbocycles. The van der Waals surface area contributed by atoms with Crippen molar-refractivity contribution in [1.29, 1.82) is 0 Å². The highest BCUT2D eigenvalue weighted by Gasteiger charge is 2.23. The number of nitrogens with one attached hydrogen (secondary N) is 1. The third-order valence-electron chi connectivity index (χ3n) is 2.91. The van der Waals surface area contributed by atoms with Gasteiger partial charge in [-0.15, -0.1) is 0 Å². The van der Waals surface area contributed by atoms with E-state index in [1.54, 1.807) is 25.2 Å². The van der Waals surface area contributed by atoms with E-state index in [1.165, 1.54) is 12.1 Å². The standard InChI is InChI=1S/C14H10BrCl2F2N/c1-20-14(8-3-2-4-9(16)13(8)17)12-10(18)5-7(15)6-11(12)19/h2-6,14,20H,1H3. The Balaban J connectivity index is 2.62. The van der Waals surface area contributed by atoms with Crippen molar-refractivity contribution < 1.29 is 8.78 Å². The summed E-state index contributed by atoms with van der Waals surface area (Å²) >= 11 is 15.1. The molecule has 1 N–H and O–H groups in total. The Bertz CT molecular complexity index is 626. The minimum Gasteiger partial charge on any atom is -0.309 e.